The molecule has 456 valence electrons. The topological polar surface area (TPSA) is 169 Å². The number of nitrogens with zero attached hydrogens (tertiary/aromatic N) is 16. The van der Waals surface area contributed by atoms with Crippen LogP contribution in [0.1, 0.15) is 78.1 Å². The molecule has 6 aromatic carbocycles. The summed E-state index contributed by atoms with van der Waals surface area (Å²) in [6.07, 6.45) is 25.7. The van der Waals surface area contributed by atoms with E-state index < -0.39 is 21.9 Å². The second-order valence-electron chi connectivity index (χ2n) is 24.0. The molecule has 6 aliphatic rings. The fourth-order valence-corrected chi connectivity index (χ4v) is 16.2. The summed E-state index contributed by atoms with van der Waals surface area (Å²) in [4.78, 5) is 37.7. The summed E-state index contributed by atoms with van der Waals surface area (Å²) in [6.45, 7) is 0. The Labute approximate surface area is 579 Å². The van der Waals surface area contributed by atoms with E-state index >= 15 is 0 Å². The monoisotopic (exact) mass is 1600 g/mol. The average Bonchev–Trinajstić information content (AvgIpc) is 1.53. The van der Waals surface area contributed by atoms with E-state index in [4.69, 9.17) is 20.2 Å². The summed E-state index contributed by atoms with van der Waals surface area (Å²) < 4.78 is 8.04. The standard InChI is InChI=1S/2C39H24N8.2Pt/c2*1-46-24-47(37-36(46)42-19-20-43-37)39(32-12-5-3-10-28(32)30-14-17-41-23-34(30)39)26-8-6-7-25(21-26)38(35-15-18-44-45-35)31-11-4-2-9-27(31)29-13-16-40-22-33(29)38;;/h2*2-20,22-23H,1H3;;/q;;2*+2. The SMILES string of the molecule is C[N+]1=C=[N+](C2(c3[c-]c(C4(c5cc[n-]n5)c5ccccc5-c5ccncc54)ccc3)c3ccccc3-c3ccncc32)c2nccnc21.C[N+]1=C=[N+](C2(c3[c-]c(C4(c5cc[n-]n5)c5ccccc5-c5ccncc54)ccc3)c3ccccc3-c3ccncc32)c2nccnc21.[Pt+2].[Pt+2]. The predicted octanol–water partition coefficient (Wildman–Crippen LogP) is 11.7. The molecule has 0 N–H and O–H groups in total. The van der Waals surface area contributed by atoms with Gasteiger partial charge < -0.3 is 20.4 Å². The van der Waals surface area contributed by atoms with Crippen LogP contribution in [0, 0.1) is 12.1 Å². The molecule has 96 heavy (non-hydrogen) atoms. The van der Waals surface area contributed by atoms with E-state index in [0.717, 1.165) is 134 Å². The summed E-state index contributed by atoms with van der Waals surface area (Å²) in [5.74, 6) is 2.87. The first kappa shape index (κ1) is 58.5. The summed E-state index contributed by atoms with van der Waals surface area (Å²) in [6, 6.07) is 74.5. The molecule has 4 aliphatic carbocycles. The van der Waals surface area contributed by atoms with E-state index in [-0.39, 0.29) is 42.1 Å². The van der Waals surface area contributed by atoms with E-state index in [2.05, 4.69) is 231 Å². The second-order valence-corrected chi connectivity index (χ2v) is 24.0. The van der Waals surface area contributed by atoms with Crippen molar-refractivity contribution in [3.05, 3.63) is 347 Å². The molecular weight excluding hydrogens is 1550 g/mol. The van der Waals surface area contributed by atoms with Crippen LogP contribution in [-0.4, -0.2) is 94.5 Å². The third kappa shape index (κ3) is 7.63. The van der Waals surface area contributed by atoms with Gasteiger partial charge in [-0.05, 0) is 91.0 Å². The Balaban J connectivity index is 0.000000142. The van der Waals surface area contributed by atoms with E-state index in [9.17, 15) is 0 Å². The molecule has 0 fully saturated rings. The van der Waals surface area contributed by atoms with Crippen LogP contribution in [0.3, 0.4) is 0 Å². The van der Waals surface area contributed by atoms with Crippen molar-refractivity contribution in [2.75, 3.05) is 14.1 Å². The summed E-state index contributed by atoms with van der Waals surface area (Å²) >= 11 is 0. The Morgan fingerprint density at radius 2 is 0.646 bits per heavy atom. The van der Waals surface area contributed by atoms with E-state index in [1.165, 1.54) is 0 Å². The molecule has 0 saturated carbocycles. The largest absolute Gasteiger partial charge is 2.00 e. The maximum absolute atomic E-state index is 4.86. The van der Waals surface area contributed by atoms with Crippen LogP contribution in [0.15, 0.2) is 257 Å². The number of aromatic nitrogens is 12. The van der Waals surface area contributed by atoms with Crippen molar-refractivity contribution >= 4 is 35.3 Å². The molecule has 16 nitrogen and oxygen atoms in total. The van der Waals surface area contributed by atoms with Crippen molar-refractivity contribution < 1.29 is 60.4 Å². The maximum Gasteiger partial charge on any atom is 2.00 e. The first-order valence-electron chi connectivity index (χ1n) is 30.8. The van der Waals surface area contributed by atoms with Crippen LogP contribution in [0.25, 0.3) is 44.5 Å². The maximum atomic E-state index is 4.86. The third-order valence-corrected chi connectivity index (χ3v) is 19.8. The van der Waals surface area contributed by atoms with Gasteiger partial charge in [0.1, 0.15) is 14.1 Å². The van der Waals surface area contributed by atoms with E-state index in [0.29, 0.717) is 11.6 Å². The normalized spacial score (nSPS) is 19.3. The number of rotatable bonds is 8. The van der Waals surface area contributed by atoms with Gasteiger partial charge >= 0.3 is 77.4 Å². The van der Waals surface area contributed by atoms with Crippen molar-refractivity contribution in [1.29, 1.82) is 0 Å². The molecule has 0 saturated heterocycles. The molecule has 14 aromatic rings. The molecule has 0 spiro atoms. The van der Waals surface area contributed by atoms with Gasteiger partial charge in [-0.3, -0.25) is 19.9 Å². The van der Waals surface area contributed by atoms with Crippen LogP contribution in [-0.2, 0) is 64.0 Å². The molecule has 20 rings (SSSR count). The molecule has 0 bridgehead atoms. The number of benzene rings is 6. The molecule has 18 heteroatoms. The first-order chi connectivity index (χ1) is 46.5. The van der Waals surface area contributed by atoms with Crippen molar-refractivity contribution in [3.8, 4) is 44.5 Å². The minimum atomic E-state index is -0.916. The van der Waals surface area contributed by atoms with E-state index in [1.54, 1.807) is 37.2 Å². The Morgan fingerprint density at radius 1 is 0.323 bits per heavy atom. The minimum Gasteiger partial charge on any atom is -0.581 e. The van der Waals surface area contributed by atoms with Gasteiger partial charge in [0.25, 0.3) is 0 Å². The first-order valence-corrected chi connectivity index (χ1v) is 30.8. The van der Waals surface area contributed by atoms with Crippen molar-refractivity contribution in [1.82, 2.24) is 60.3 Å². The Morgan fingerprint density at radius 3 is 1.03 bits per heavy atom. The quantitative estimate of drug-likeness (QED) is 0.104. The van der Waals surface area contributed by atoms with Gasteiger partial charge in [0, 0.05) is 93.2 Å². The molecule has 10 heterocycles. The molecule has 2 aliphatic heterocycles. The molecule has 8 aromatic heterocycles. The average molecular weight is 1600 g/mol. The molecule has 4 atom stereocenters. The van der Waals surface area contributed by atoms with Crippen LogP contribution in [0.4, 0.5) is 23.3 Å². The minimum absolute atomic E-state index is 0. The Hall–Kier alpha value is -11.4. The third-order valence-electron chi connectivity index (χ3n) is 19.8. The van der Waals surface area contributed by atoms with Gasteiger partial charge in [-0.1, -0.05) is 120 Å². The van der Waals surface area contributed by atoms with Gasteiger partial charge in [-0.2, -0.15) is 70.9 Å². The Bertz CT molecular complexity index is 5160. The summed E-state index contributed by atoms with van der Waals surface area (Å²) in [7, 11) is 3.91. The van der Waals surface area contributed by atoms with Crippen LogP contribution < -0.4 is 10.2 Å². The zero-order valence-corrected chi connectivity index (χ0v) is 55.6. The number of pyridine rings is 4. The molecule has 4 unspecified atom stereocenters. The zero-order chi connectivity index (χ0) is 62.3. The van der Waals surface area contributed by atoms with Crippen molar-refractivity contribution in [2.45, 2.75) is 21.9 Å². The molecular formula is C78H48N16Pt2+4. The van der Waals surface area contributed by atoms with Crippen molar-refractivity contribution in [3.63, 3.8) is 0 Å². The molecule has 0 radical (unpaired) electrons. The second kappa shape index (κ2) is 22.1. The fourth-order valence-electron chi connectivity index (χ4n) is 16.2. The van der Waals surface area contributed by atoms with Crippen LogP contribution in [0.2, 0.25) is 0 Å². The predicted molar refractivity (Wildman–Crippen MR) is 348 cm³/mol. The van der Waals surface area contributed by atoms with Gasteiger partial charge in [0.15, 0.2) is 23.5 Å². The zero-order valence-electron chi connectivity index (χ0n) is 51.0. The fraction of sp³-hybridized carbons (Fsp3) is 0.0769. The van der Waals surface area contributed by atoms with Crippen LogP contribution in [0.5, 0.6) is 0 Å². The van der Waals surface area contributed by atoms with Gasteiger partial charge in [0.2, 0.25) is 0 Å². The smallest absolute Gasteiger partial charge is 0.581 e. The van der Waals surface area contributed by atoms with Gasteiger partial charge in [-0.25, -0.2) is 0 Å². The summed E-state index contributed by atoms with van der Waals surface area (Å²) in [5.41, 5.74) is 19.5. The summed E-state index contributed by atoms with van der Waals surface area (Å²) in [5, 5.41) is 18.1. The van der Waals surface area contributed by atoms with Crippen molar-refractivity contribution in [2.24, 2.45) is 0 Å². The number of hydrogen-bond acceptors (Lipinski definition) is 10. The van der Waals surface area contributed by atoms with E-state index in [1.807, 2.05) is 85.0 Å². The number of hydrogen-bond donors (Lipinski definition) is 0. The van der Waals surface area contributed by atoms with Gasteiger partial charge in [-0.15, -0.1) is 29.4 Å². The number of fused-ring (bicyclic) bond motifs is 14. The van der Waals surface area contributed by atoms with Gasteiger partial charge in [0.05, 0.1) is 23.2 Å². The Kier molecular flexibility index (Phi) is 13.5. The molecule has 0 amide bonds. The van der Waals surface area contributed by atoms with Crippen LogP contribution >= 0.6 is 0 Å².